The quantitative estimate of drug-likeness (QED) is 0.465. The summed E-state index contributed by atoms with van der Waals surface area (Å²) in [4.78, 5) is 41.3. The number of carboxylic acid groups (broad SMARTS) is 1. The summed E-state index contributed by atoms with van der Waals surface area (Å²) < 4.78 is 16.8. The first-order valence-corrected chi connectivity index (χ1v) is 11.7. The van der Waals surface area contributed by atoms with Crippen molar-refractivity contribution in [2.75, 3.05) is 36.0 Å². The summed E-state index contributed by atoms with van der Waals surface area (Å²) in [7, 11) is 0. The van der Waals surface area contributed by atoms with Gasteiger partial charge in [0.25, 0.3) is 0 Å². The Labute approximate surface area is 197 Å². The highest BCUT2D eigenvalue weighted by Gasteiger charge is 2.24. The fraction of sp³-hybridized carbons (Fsp3) is 0.261. The van der Waals surface area contributed by atoms with Gasteiger partial charge in [-0.3, -0.25) is 4.79 Å². The van der Waals surface area contributed by atoms with E-state index >= 15 is 4.39 Å². The number of hydrogen-bond acceptors (Lipinski definition) is 8. The lowest BCUT2D eigenvalue weighted by Crippen LogP contribution is -2.47. The predicted molar refractivity (Wildman–Crippen MR) is 128 cm³/mol. The zero-order chi connectivity index (χ0) is 23.8. The van der Waals surface area contributed by atoms with Crippen molar-refractivity contribution in [2.45, 2.75) is 13.5 Å². The van der Waals surface area contributed by atoms with Gasteiger partial charge in [-0.2, -0.15) is 0 Å². The number of aryl methyl sites for hydroxylation is 1. The van der Waals surface area contributed by atoms with Crippen LogP contribution < -0.4 is 15.2 Å². The fourth-order valence-corrected chi connectivity index (χ4v) is 4.78. The molecule has 174 valence electrons. The lowest BCUT2D eigenvalue weighted by molar-refractivity contribution is 0.0695. The third kappa shape index (κ3) is 3.87. The minimum Gasteiger partial charge on any atom is -0.477 e. The van der Waals surface area contributed by atoms with Crippen LogP contribution in [0.4, 0.5) is 16.0 Å². The Morgan fingerprint density at radius 2 is 1.91 bits per heavy atom. The first-order chi connectivity index (χ1) is 16.5. The molecule has 1 aromatic carbocycles. The van der Waals surface area contributed by atoms with Crippen molar-refractivity contribution in [2.24, 2.45) is 0 Å². The van der Waals surface area contributed by atoms with Gasteiger partial charge in [0.05, 0.1) is 11.2 Å². The largest absolute Gasteiger partial charge is 0.477 e. The number of hydrogen-bond donors (Lipinski definition) is 1. The Morgan fingerprint density at radius 3 is 2.59 bits per heavy atom. The van der Waals surface area contributed by atoms with Crippen LogP contribution in [0, 0.1) is 5.82 Å². The molecule has 0 spiro atoms. The summed E-state index contributed by atoms with van der Waals surface area (Å²) in [5, 5.41) is 12.1. The maximum absolute atomic E-state index is 15.1. The maximum Gasteiger partial charge on any atom is 0.341 e. The molecule has 4 aromatic rings. The minimum absolute atomic E-state index is 0.0639. The molecule has 34 heavy (non-hydrogen) atoms. The number of pyridine rings is 1. The highest BCUT2D eigenvalue weighted by molar-refractivity contribution is 7.13. The van der Waals surface area contributed by atoms with E-state index in [4.69, 9.17) is 0 Å². The average molecular weight is 481 g/mol. The van der Waals surface area contributed by atoms with Crippen molar-refractivity contribution >= 4 is 39.8 Å². The van der Waals surface area contributed by atoms with Gasteiger partial charge < -0.3 is 19.5 Å². The Hall–Kier alpha value is -3.86. The van der Waals surface area contributed by atoms with Gasteiger partial charge in [-0.15, -0.1) is 11.3 Å². The third-order valence-electron chi connectivity index (χ3n) is 5.92. The van der Waals surface area contributed by atoms with Crippen LogP contribution in [0.25, 0.3) is 21.6 Å². The molecule has 1 aliphatic heterocycles. The molecule has 5 rings (SSSR count). The number of nitrogens with zero attached hydrogens (tertiary/aromatic N) is 6. The number of anilines is 2. The molecule has 0 unspecified atom stereocenters. The smallest absolute Gasteiger partial charge is 0.341 e. The molecule has 9 nitrogen and oxygen atoms in total. The van der Waals surface area contributed by atoms with Crippen molar-refractivity contribution in [3.8, 4) is 10.7 Å². The van der Waals surface area contributed by atoms with Crippen LogP contribution >= 0.6 is 11.3 Å². The Bertz CT molecular complexity index is 1430. The number of piperazine rings is 1. The van der Waals surface area contributed by atoms with E-state index in [1.165, 1.54) is 17.5 Å². The van der Waals surface area contributed by atoms with Crippen molar-refractivity contribution in [1.82, 2.24) is 19.5 Å². The molecule has 1 saturated heterocycles. The summed E-state index contributed by atoms with van der Waals surface area (Å²) in [6.45, 7) is 4.56. The summed E-state index contributed by atoms with van der Waals surface area (Å²) in [5.74, 6) is -1.27. The van der Waals surface area contributed by atoms with Crippen molar-refractivity contribution in [3.63, 3.8) is 0 Å². The van der Waals surface area contributed by atoms with E-state index in [0.717, 1.165) is 16.8 Å². The van der Waals surface area contributed by atoms with E-state index in [0.29, 0.717) is 49.9 Å². The second-order valence-electron chi connectivity index (χ2n) is 7.84. The number of halogens is 1. The number of thiazole rings is 1. The lowest BCUT2D eigenvalue weighted by Gasteiger charge is -2.36. The van der Waals surface area contributed by atoms with E-state index in [1.54, 1.807) is 23.0 Å². The van der Waals surface area contributed by atoms with Crippen LogP contribution in [0.3, 0.4) is 0 Å². The predicted octanol–water partition coefficient (Wildman–Crippen LogP) is 3.10. The van der Waals surface area contributed by atoms with Crippen LogP contribution in [0.15, 0.2) is 47.0 Å². The first-order valence-electron chi connectivity index (χ1n) is 10.8. The highest BCUT2D eigenvalue weighted by atomic mass is 32.1. The average Bonchev–Trinajstić information content (AvgIpc) is 3.39. The van der Waals surface area contributed by atoms with Gasteiger partial charge in [-0.1, -0.05) is 0 Å². The normalized spacial score (nSPS) is 14.1. The lowest BCUT2D eigenvalue weighted by atomic mass is 10.1. The fourth-order valence-electron chi connectivity index (χ4n) is 4.17. The Morgan fingerprint density at radius 1 is 1.15 bits per heavy atom. The second-order valence-corrected chi connectivity index (χ2v) is 8.73. The topological polar surface area (TPSA) is 104 Å². The highest BCUT2D eigenvalue weighted by Crippen LogP contribution is 2.27. The standard InChI is InChI=1S/C23H21FN6O3S/c1-2-28-13-15(22(32)33)20(31)14-11-16(24)19(12-18(14)28)29-6-8-30(9-7-29)23-26-4-3-17(27-23)21-25-5-10-34-21/h3-5,10-13H,2,6-9H2,1H3,(H,32,33). The first kappa shape index (κ1) is 22.0. The van der Waals surface area contributed by atoms with E-state index in [-0.39, 0.29) is 10.9 Å². The molecular weight excluding hydrogens is 459 g/mol. The number of carbonyl (C=O) groups is 1. The van der Waals surface area contributed by atoms with E-state index in [9.17, 15) is 14.7 Å². The zero-order valence-electron chi connectivity index (χ0n) is 18.3. The van der Waals surface area contributed by atoms with Gasteiger partial charge in [-0.05, 0) is 25.1 Å². The van der Waals surface area contributed by atoms with Crippen LogP contribution in [0.2, 0.25) is 0 Å². The van der Waals surface area contributed by atoms with Gasteiger partial charge in [0.2, 0.25) is 11.4 Å². The molecular formula is C23H21FN6O3S. The number of aromatic nitrogens is 4. The van der Waals surface area contributed by atoms with Gasteiger partial charge in [0, 0.05) is 62.1 Å². The van der Waals surface area contributed by atoms with Crippen molar-refractivity contribution < 1.29 is 14.3 Å². The molecule has 1 N–H and O–H groups in total. The van der Waals surface area contributed by atoms with Gasteiger partial charge in [0.15, 0.2) is 0 Å². The van der Waals surface area contributed by atoms with Gasteiger partial charge in [0.1, 0.15) is 22.1 Å². The minimum atomic E-state index is -1.32. The Kier molecular flexibility index (Phi) is 5.70. The van der Waals surface area contributed by atoms with Crippen molar-refractivity contribution in [3.05, 3.63) is 63.8 Å². The van der Waals surface area contributed by atoms with E-state index in [2.05, 4.69) is 15.0 Å². The number of rotatable bonds is 5. The molecule has 1 fully saturated rings. The molecule has 0 bridgehead atoms. The molecule has 0 radical (unpaired) electrons. The molecule has 0 amide bonds. The molecule has 0 aliphatic carbocycles. The number of carboxylic acids is 1. The summed E-state index contributed by atoms with van der Waals surface area (Å²) >= 11 is 1.51. The third-order valence-corrected chi connectivity index (χ3v) is 6.71. The number of fused-ring (bicyclic) bond motifs is 1. The molecule has 11 heteroatoms. The summed E-state index contributed by atoms with van der Waals surface area (Å²) in [6.07, 6.45) is 4.77. The maximum atomic E-state index is 15.1. The number of aromatic carboxylic acids is 1. The SMILES string of the molecule is CCn1cc(C(=O)O)c(=O)c2cc(F)c(N3CCN(c4nccc(-c5nccs5)n4)CC3)cc21. The second kappa shape index (κ2) is 8.82. The van der Waals surface area contributed by atoms with Crippen molar-refractivity contribution in [1.29, 1.82) is 0 Å². The summed E-state index contributed by atoms with van der Waals surface area (Å²) in [5.41, 5.74) is 0.612. The molecule has 0 atom stereocenters. The van der Waals surface area contributed by atoms with Gasteiger partial charge >= 0.3 is 5.97 Å². The van der Waals surface area contributed by atoms with Crippen LogP contribution in [-0.2, 0) is 6.54 Å². The van der Waals surface area contributed by atoms with Crippen LogP contribution in [0.1, 0.15) is 17.3 Å². The molecule has 3 aromatic heterocycles. The van der Waals surface area contributed by atoms with Crippen LogP contribution in [-0.4, -0.2) is 56.8 Å². The zero-order valence-corrected chi connectivity index (χ0v) is 19.1. The monoisotopic (exact) mass is 480 g/mol. The molecule has 1 aliphatic rings. The van der Waals surface area contributed by atoms with Crippen LogP contribution in [0.5, 0.6) is 0 Å². The molecule has 0 saturated carbocycles. The van der Waals surface area contributed by atoms with E-state index < -0.39 is 17.2 Å². The van der Waals surface area contributed by atoms with E-state index in [1.807, 2.05) is 28.2 Å². The van der Waals surface area contributed by atoms with Gasteiger partial charge in [-0.25, -0.2) is 24.1 Å². The summed E-state index contributed by atoms with van der Waals surface area (Å²) in [6, 6.07) is 4.61. The number of benzene rings is 1. The Balaban J connectivity index is 1.41. The molecule has 4 heterocycles.